The molecule has 0 radical (unpaired) electrons. The van der Waals surface area contributed by atoms with Crippen LogP contribution in [0.25, 0.3) is 0 Å². The van der Waals surface area contributed by atoms with Crippen LogP contribution in [0, 0.1) is 11.3 Å². The molecular weight excluding hydrogens is 202 g/mol. The molecule has 2 unspecified atom stereocenters. The van der Waals surface area contributed by atoms with Crippen molar-refractivity contribution in [2.75, 3.05) is 0 Å². The minimum absolute atomic E-state index is 0.216. The van der Waals surface area contributed by atoms with Crippen molar-refractivity contribution in [3.8, 4) is 0 Å². The van der Waals surface area contributed by atoms with Crippen LogP contribution in [0.1, 0.15) is 52.1 Å². The maximum absolute atomic E-state index is 6.17. The molecule has 15 heavy (non-hydrogen) atoms. The van der Waals surface area contributed by atoms with E-state index in [1.54, 1.807) is 11.3 Å². The van der Waals surface area contributed by atoms with E-state index < -0.39 is 0 Å². The van der Waals surface area contributed by atoms with Crippen molar-refractivity contribution in [1.29, 1.82) is 0 Å². The molecule has 2 N–H and O–H groups in total. The molecule has 1 aromatic rings. The summed E-state index contributed by atoms with van der Waals surface area (Å²) in [5.41, 5.74) is 7.87. The first-order valence-corrected chi connectivity index (χ1v) is 6.60. The molecular formula is C13H23NS. The Balaban J connectivity index is 2.42. The summed E-state index contributed by atoms with van der Waals surface area (Å²) in [4.78, 5) is 0. The lowest BCUT2D eigenvalue weighted by Crippen LogP contribution is -2.17. The lowest BCUT2D eigenvalue weighted by atomic mass is 9.82. The van der Waals surface area contributed by atoms with Gasteiger partial charge >= 0.3 is 0 Å². The molecule has 1 nitrogen and oxygen atoms in total. The predicted molar refractivity (Wildman–Crippen MR) is 69.1 cm³/mol. The molecule has 2 atom stereocenters. The van der Waals surface area contributed by atoms with E-state index in [0.29, 0.717) is 11.3 Å². The average molecular weight is 225 g/mol. The van der Waals surface area contributed by atoms with Crippen molar-refractivity contribution < 1.29 is 0 Å². The third-order valence-electron chi connectivity index (χ3n) is 2.59. The Labute approximate surface area is 97.7 Å². The van der Waals surface area contributed by atoms with Gasteiger partial charge in [0.15, 0.2) is 0 Å². The first-order chi connectivity index (χ1) is 6.88. The Morgan fingerprint density at radius 3 is 2.53 bits per heavy atom. The van der Waals surface area contributed by atoms with E-state index in [2.05, 4.69) is 44.5 Å². The summed E-state index contributed by atoms with van der Waals surface area (Å²) in [6, 6.07) is 2.35. The largest absolute Gasteiger partial charge is 0.324 e. The molecule has 1 heterocycles. The molecule has 2 heteroatoms. The van der Waals surface area contributed by atoms with Gasteiger partial charge in [0.2, 0.25) is 0 Å². The van der Waals surface area contributed by atoms with Gasteiger partial charge in [-0.3, -0.25) is 0 Å². The summed E-state index contributed by atoms with van der Waals surface area (Å²) in [7, 11) is 0. The fourth-order valence-electron chi connectivity index (χ4n) is 2.18. The third kappa shape index (κ3) is 4.80. The van der Waals surface area contributed by atoms with E-state index in [9.17, 15) is 0 Å². The van der Waals surface area contributed by atoms with Gasteiger partial charge in [0.05, 0.1) is 0 Å². The molecule has 0 fully saturated rings. The van der Waals surface area contributed by atoms with E-state index in [1.165, 1.54) is 12.0 Å². The van der Waals surface area contributed by atoms with Gasteiger partial charge in [0.1, 0.15) is 0 Å². The minimum atomic E-state index is 0.216. The Kier molecular flexibility index (Phi) is 4.35. The monoisotopic (exact) mass is 225 g/mol. The molecule has 0 aliphatic heterocycles. The number of thiophene rings is 1. The van der Waals surface area contributed by atoms with Crippen molar-refractivity contribution >= 4 is 11.3 Å². The number of nitrogens with two attached hydrogens (primary N) is 1. The highest BCUT2D eigenvalue weighted by Crippen LogP contribution is 2.29. The van der Waals surface area contributed by atoms with E-state index in [4.69, 9.17) is 5.73 Å². The first-order valence-electron chi connectivity index (χ1n) is 5.66. The SMILES string of the molecule is CC(CC(N)c1ccsc1)CC(C)(C)C. The van der Waals surface area contributed by atoms with Crippen LogP contribution < -0.4 is 5.73 Å². The normalized spacial score (nSPS) is 16.3. The maximum atomic E-state index is 6.17. The van der Waals surface area contributed by atoms with Crippen LogP contribution in [0.5, 0.6) is 0 Å². The zero-order chi connectivity index (χ0) is 11.5. The fraction of sp³-hybridized carbons (Fsp3) is 0.692. The predicted octanol–water partition coefficient (Wildman–Crippen LogP) is 4.21. The van der Waals surface area contributed by atoms with E-state index in [0.717, 1.165) is 6.42 Å². The topological polar surface area (TPSA) is 26.0 Å². The highest BCUT2D eigenvalue weighted by atomic mass is 32.1. The zero-order valence-electron chi connectivity index (χ0n) is 10.3. The van der Waals surface area contributed by atoms with Gasteiger partial charge in [-0.25, -0.2) is 0 Å². The molecule has 86 valence electrons. The molecule has 0 spiro atoms. The summed E-state index contributed by atoms with van der Waals surface area (Å²) >= 11 is 1.73. The van der Waals surface area contributed by atoms with Gasteiger partial charge in [0, 0.05) is 6.04 Å². The van der Waals surface area contributed by atoms with Gasteiger partial charge < -0.3 is 5.73 Å². The van der Waals surface area contributed by atoms with Gasteiger partial charge in [0.25, 0.3) is 0 Å². The van der Waals surface area contributed by atoms with Crippen molar-refractivity contribution in [3.05, 3.63) is 22.4 Å². The Bertz CT molecular complexity index is 271. The first kappa shape index (κ1) is 12.7. The van der Waals surface area contributed by atoms with E-state index >= 15 is 0 Å². The Morgan fingerprint density at radius 2 is 2.07 bits per heavy atom. The fourth-order valence-corrected chi connectivity index (χ4v) is 2.91. The van der Waals surface area contributed by atoms with Crippen molar-refractivity contribution in [2.24, 2.45) is 17.1 Å². The van der Waals surface area contributed by atoms with Crippen LogP contribution in [0.2, 0.25) is 0 Å². The van der Waals surface area contributed by atoms with Gasteiger partial charge in [-0.2, -0.15) is 11.3 Å². The van der Waals surface area contributed by atoms with Crippen LogP contribution in [0.3, 0.4) is 0 Å². The van der Waals surface area contributed by atoms with Crippen LogP contribution in [0.15, 0.2) is 16.8 Å². The average Bonchev–Trinajstić information content (AvgIpc) is 2.50. The van der Waals surface area contributed by atoms with Gasteiger partial charge in [-0.15, -0.1) is 0 Å². The van der Waals surface area contributed by atoms with Crippen LogP contribution in [-0.4, -0.2) is 0 Å². The molecule has 0 amide bonds. The van der Waals surface area contributed by atoms with E-state index in [-0.39, 0.29) is 6.04 Å². The number of hydrogen-bond acceptors (Lipinski definition) is 2. The second-order valence-electron chi connectivity index (χ2n) is 5.77. The summed E-state index contributed by atoms with van der Waals surface area (Å²) in [6.45, 7) is 9.18. The van der Waals surface area contributed by atoms with Crippen LogP contribution in [0.4, 0.5) is 0 Å². The molecule has 0 aromatic carbocycles. The number of hydrogen-bond donors (Lipinski definition) is 1. The second-order valence-corrected chi connectivity index (χ2v) is 6.55. The maximum Gasteiger partial charge on any atom is 0.0305 e. The molecule has 1 rings (SSSR count). The van der Waals surface area contributed by atoms with Gasteiger partial charge in [-0.05, 0) is 46.6 Å². The standard InChI is InChI=1S/C13H23NS/c1-10(8-13(2,3)4)7-12(14)11-5-6-15-9-11/h5-6,9-10,12H,7-8,14H2,1-4H3. The lowest BCUT2D eigenvalue weighted by molar-refractivity contribution is 0.286. The molecule has 0 saturated carbocycles. The highest BCUT2D eigenvalue weighted by Gasteiger charge is 2.18. The van der Waals surface area contributed by atoms with Crippen molar-refractivity contribution in [3.63, 3.8) is 0 Å². The van der Waals surface area contributed by atoms with Gasteiger partial charge in [-0.1, -0.05) is 27.7 Å². The quantitative estimate of drug-likeness (QED) is 0.816. The summed E-state index contributed by atoms with van der Waals surface area (Å²) < 4.78 is 0. The van der Waals surface area contributed by atoms with Crippen LogP contribution in [-0.2, 0) is 0 Å². The lowest BCUT2D eigenvalue weighted by Gasteiger charge is -2.25. The molecule has 1 aromatic heterocycles. The zero-order valence-corrected chi connectivity index (χ0v) is 11.1. The van der Waals surface area contributed by atoms with Crippen molar-refractivity contribution in [2.45, 2.75) is 46.6 Å². The number of rotatable bonds is 4. The highest BCUT2D eigenvalue weighted by molar-refractivity contribution is 7.07. The van der Waals surface area contributed by atoms with Crippen molar-refractivity contribution in [1.82, 2.24) is 0 Å². The second kappa shape index (κ2) is 5.13. The van der Waals surface area contributed by atoms with E-state index in [1.807, 2.05) is 0 Å². The smallest absolute Gasteiger partial charge is 0.0305 e. The summed E-state index contributed by atoms with van der Waals surface area (Å²) in [5.74, 6) is 0.694. The third-order valence-corrected chi connectivity index (χ3v) is 3.29. The Morgan fingerprint density at radius 1 is 1.40 bits per heavy atom. The Hall–Kier alpha value is -0.340. The molecule has 0 bridgehead atoms. The molecule has 0 aliphatic rings. The molecule has 0 saturated heterocycles. The van der Waals surface area contributed by atoms with Crippen LogP contribution >= 0.6 is 11.3 Å². The minimum Gasteiger partial charge on any atom is -0.324 e. The summed E-state index contributed by atoms with van der Waals surface area (Å²) in [6.07, 6.45) is 2.33. The molecule has 0 aliphatic carbocycles. The summed E-state index contributed by atoms with van der Waals surface area (Å²) in [5, 5.41) is 4.26.